The van der Waals surface area contributed by atoms with Crippen LogP contribution in [0.5, 0.6) is 5.75 Å². The topological polar surface area (TPSA) is 34.4 Å². The van der Waals surface area contributed by atoms with Crippen LogP contribution >= 0.6 is 11.6 Å². The van der Waals surface area contributed by atoms with Gasteiger partial charge in [0.2, 0.25) is 0 Å². The van der Waals surface area contributed by atoms with E-state index in [1.807, 2.05) is 19.9 Å². The summed E-state index contributed by atoms with van der Waals surface area (Å²) < 4.78 is 24.4. The highest BCUT2D eigenvalue weighted by Gasteiger charge is 2.08. The number of hydrogen-bond donors (Lipinski definition) is 1. The fraction of sp³-hybridized carbons (Fsp3) is 0.333. The summed E-state index contributed by atoms with van der Waals surface area (Å²) in [6, 6.07) is 6.29. The van der Waals surface area contributed by atoms with Crippen molar-refractivity contribution in [2.75, 3.05) is 6.54 Å². The standard InChI is InChI=1S/C15H17ClFNO2/c1-3-18-8-15-10(2)6-12(20-15)9-19-11-4-5-13(16)14(17)7-11/h4-7,18H,3,8-9H2,1-2H3. The first kappa shape index (κ1) is 14.9. The second-order valence-corrected chi connectivity index (χ2v) is 4.87. The zero-order valence-electron chi connectivity index (χ0n) is 11.5. The van der Waals surface area contributed by atoms with Gasteiger partial charge in [-0.2, -0.15) is 0 Å². The molecule has 0 bridgehead atoms. The molecule has 1 aromatic carbocycles. The van der Waals surface area contributed by atoms with Crippen LogP contribution in [0, 0.1) is 12.7 Å². The Hall–Kier alpha value is -1.52. The molecule has 0 saturated carbocycles. The van der Waals surface area contributed by atoms with Crippen molar-refractivity contribution in [3.8, 4) is 5.75 Å². The highest BCUT2D eigenvalue weighted by molar-refractivity contribution is 6.30. The number of furan rings is 1. The van der Waals surface area contributed by atoms with E-state index >= 15 is 0 Å². The molecule has 0 unspecified atom stereocenters. The molecule has 108 valence electrons. The van der Waals surface area contributed by atoms with Crippen molar-refractivity contribution in [1.29, 1.82) is 0 Å². The van der Waals surface area contributed by atoms with Crippen molar-refractivity contribution in [1.82, 2.24) is 5.32 Å². The van der Waals surface area contributed by atoms with Crippen molar-refractivity contribution in [2.45, 2.75) is 27.0 Å². The lowest BCUT2D eigenvalue weighted by molar-refractivity contribution is 0.264. The van der Waals surface area contributed by atoms with Crippen molar-refractivity contribution in [3.63, 3.8) is 0 Å². The lowest BCUT2D eigenvalue weighted by Crippen LogP contribution is -2.11. The molecule has 0 spiro atoms. The second-order valence-electron chi connectivity index (χ2n) is 4.46. The minimum Gasteiger partial charge on any atom is -0.486 e. The van der Waals surface area contributed by atoms with E-state index in [2.05, 4.69) is 5.32 Å². The van der Waals surface area contributed by atoms with Crippen molar-refractivity contribution >= 4 is 11.6 Å². The zero-order valence-corrected chi connectivity index (χ0v) is 12.3. The fourth-order valence-corrected chi connectivity index (χ4v) is 1.91. The van der Waals surface area contributed by atoms with Crippen LogP contribution in [0.1, 0.15) is 24.0 Å². The van der Waals surface area contributed by atoms with Crippen molar-refractivity contribution in [3.05, 3.63) is 52.2 Å². The third kappa shape index (κ3) is 3.74. The molecule has 0 aliphatic heterocycles. The Balaban J connectivity index is 1.98. The predicted molar refractivity (Wildman–Crippen MR) is 76.6 cm³/mol. The van der Waals surface area contributed by atoms with Crippen molar-refractivity contribution in [2.24, 2.45) is 0 Å². The van der Waals surface area contributed by atoms with Gasteiger partial charge in [0.25, 0.3) is 0 Å². The van der Waals surface area contributed by atoms with E-state index in [0.29, 0.717) is 18.1 Å². The Kier molecular flexibility index (Phi) is 5.04. The third-order valence-corrected chi connectivity index (χ3v) is 3.19. The van der Waals surface area contributed by atoms with Crippen LogP contribution in [-0.2, 0) is 13.2 Å². The maximum Gasteiger partial charge on any atom is 0.146 e. The smallest absolute Gasteiger partial charge is 0.146 e. The maximum absolute atomic E-state index is 13.3. The first-order valence-electron chi connectivity index (χ1n) is 6.47. The van der Waals surface area contributed by atoms with Crippen LogP contribution in [0.15, 0.2) is 28.7 Å². The van der Waals surface area contributed by atoms with E-state index in [9.17, 15) is 4.39 Å². The molecule has 1 N–H and O–H groups in total. The van der Waals surface area contributed by atoms with Crippen molar-refractivity contribution < 1.29 is 13.5 Å². The number of ether oxygens (including phenoxy) is 1. The molecular formula is C15H17ClFNO2. The van der Waals surface area contributed by atoms with Gasteiger partial charge in [-0.05, 0) is 37.2 Å². The van der Waals surface area contributed by atoms with E-state index in [1.54, 1.807) is 6.07 Å². The third-order valence-electron chi connectivity index (χ3n) is 2.88. The lowest BCUT2D eigenvalue weighted by Gasteiger charge is -2.05. The maximum atomic E-state index is 13.3. The van der Waals surface area contributed by atoms with Gasteiger partial charge in [0.15, 0.2) is 0 Å². The van der Waals surface area contributed by atoms with Gasteiger partial charge in [0.1, 0.15) is 29.7 Å². The molecule has 0 fully saturated rings. The second kappa shape index (κ2) is 6.77. The van der Waals surface area contributed by atoms with Crippen LogP contribution in [0.4, 0.5) is 4.39 Å². The Morgan fingerprint density at radius 3 is 2.85 bits per heavy atom. The Morgan fingerprint density at radius 2 is 2.15 bits per heavy atom. The highest BCUT2D eigenvalue weighted by atomic mass is 35.5. The highest BCUT2D eigenvalue weighted by Crippen LogP contribution is 2.22. The average molecular weight is 298 g/mol. The normalized spacial score (nSPS) is 10.8. The summed E-state index contributed by atoms with van der Waals surface area (Å²) in [5, 5.41) is 3.29. The van der Waals surface area contributed by atoms with E-state index in [0.717, 1.165) is 17.9 Å². The molecule has 0 radical (unpaired) electrons. The molecular weight excluding hydrogens is 281 g/mol. The monoisotopic (exact) mass is 297 g/mol. The van der Waals surface area contributed by atoms with E-state index < -0.39 is 5.82 Å². The molecule has 1 aromatic heterocycles. The summed E-state index contributed by atoms with van der Waals surface area (Å²) in [5.41, 5.74) is 1.08. The van der Waals surface area contributed by atoms with Crippen LogP contribution in [0.2, 0.25) is 5.02 Å². The number of nitrogens with one attached hydrogen (secondary N) is 1. The molecule has 3 nitrogen and oxygen atoms in total. The van der Waals surface area contributed by atoms with Gasteiger partial charge >= 0.3 is 0 Å². The predicted octanol–water partition coefficient (Wildman–Crippen LogP) is 4.07. The molecule has 0 aliphatic rings. The van der Waals surface area contributed by atoms with Gasteiger partial charge in [-0.1, -0.05) is 18.5 Å². The van der Waals surface area contributed by atoms with E-state index in [4.69, 9.17) is 20.8 Å². The summed E-state index contributed by atoms with van der Waals surface area (Å²) in [6.07, 6.45) is 0. The number of hydrogen-bond acceptors (Lipinski definition) is 3. The zero-order chi connectivity index (χ0) is 14.5. The number of rotatable bonds is 6. The first-order chi connectivity index (χ1) is 9.60. The van der Waals surface area contributed by atoms with Gasteiger partial charge in [-0.15, -0.1) is 0 Å². The van der Waals surface area contributed by atoms with Crippen LogP contribution in [0.3, 0.4) is 0 Å². The number of benzene rings is 1. The summed E-state index contributed by atoms with van der Waals surface area (Å²) in [5.74, 6) is 1.54. The molecule has 5 heteroatoms. The summed E-state index contributed by atoms with van der Waals surface area (Å²) >= 11 is 5.61. The van der Waals surface area contributed by atoms with E-state index in [-0.39, 0.29) is 11.6 Å². The van der Waals surface area contributed by atoms with Gasteiger partial charge in [0.05, 0.1) is 11.6 Å². The molecule has 20 heavy (non-hydrogen) atoms. The molecule has 0 atom stereocenters. The summed E-state index contributed by atoms with van der Waals surface area (Å²) in [6.45, 7) is 5.86. The molecule has 2 rings (SSSR count). The number of aryl methyl sites for hydroxylation is 1. The lowest BCUT2D eigenvalue weighted by atomic mass is 10.2. The summed E-state index contributed by atoms with van der Waals surface area (Å²) in [7, 11) is 0. The minimum atomic E-state index is -0.493. The quantitative estimate of drug-likeness (QED) is 0.873. The SMILES string of the molecule is CCNCc1oc(COc2ccc(Cl)c(F)c2)cc1C. The Bertz CT molecular complexity index is 583. The van der Waals surface area contributed by atoms with E-state index in [1.165, 1.54) is 12.1 Å². The first-order valence-corrected chi connectivity index (χ1v) is 6.84. The average Bonchev–Trinajstić information content (AvgIpc) is 2.78. The van der Waals surface area contributed by atoms with Crippen LogP contribution < -0.4 is 10.1 Å². The molecule has 1 heterocycles. The van der Waals surface area contributed by atoms with Crippen LogP contribution in [-0.4, -0.2) is 6.54 Å². The minimum absolute atomic E-state index is 0.0825. The molecule has 0 amide bonds. The van der Waals surface area contributed by atoms with Gasteiger partial charge in [-0.25, -0.2) is 4.39 Å². The summed E-state index contributed by atoms with van der Waals surface area (Å²) in [4.78, 5) is 0. The van der Waals surface area contributed by atoms with Gasteiger partial charge < -0.3 is 14.5 Å². The fourth-order valence-electron chi connectivity index (χ4n) is 1.80. The number of halogens is 2. The largest absolute Gasteiger partial charge is 0.486 e. The van der Waals surface area contributed by atoms with Crippen LogP contribution in [0.25, 0.3) is 0 Å². The molecule has 0 saturated heterocycles. The Labute approximate surface area is 122 Å². The Morgan fingerprint density at radius 1 is 1.35 bits per heavy atom. The van der Waals surface area contributed by atoms with Gasteiger partial charge in [-0.3, -0.25) is 0 Å². The molecule has 2 aromatic rings. The molecule has 0 aliphatic carbocycles. The van der Waals surface area contributed by atoms with Gasteiger partial charge in [0, 0.05) is 6.07 Å².